The lowest BCUT2D eigenvalue weighted by Crippen LogP contribution is -2.25. The number of aryl methyl sites for hydroxylation is 1. The highest BCUT2D eigenvalue weighted by Crippen LogP contribution is 2.29. The Balaban J connectivity index is 1.74. The summed E-state index contributed by atoms with van der Waals surface area (Å²) in [5.41, 5.74) is 1.16. The van der Waals surface area contributed by atoms with E-state index in [9.17, 15) is 28.1 Å². The molecule has 3 rings (SSSR count). The zero-order valence-corrected chi connectivity index (χ0v) is 19.9. The first-order valence-electron chi connectivity index (χ1n) is 10.5. The van der Waals surface area contributed by atoms with Crippen molar-refractivity contribution in [1.29, 1.82) is 0 Å². The van der Waals surface area contributed by atoms with Gasteiger partial charge in [-0.1, -0.05) is 6.07 Å². The molecule has 0 spiro atoms. The smallest absolute Gasteiger partial charge is 0.341 e. The van der Waals surface area contributed by atoms with Crippen molar-refractivity contribution in [1.82, 2.24) is 4.31 Å². The molecular formula is C22H26N4O7S. The molecule has 1 amide bonds. The number of esters is 1. The van der Waals surface area contributed by atoms with Gasteiger partial charge in [-0.2, -0.15) is 0 Å². The lowest BCUT2D eigenvalue weighted by molar-refractivity contribution is -0.384. The van der Waals surface area contributed by atoms with Crippen LogP contribution in [0.4, 0.5) is 17.1 Å². The van der Waals surface area contributed by atoms with E-state index >= 15 is 0 Å². The number of ether oxygens (including phenoxy) is 1. The number of benzene rings is 2. The number of nitrogens with zero attached hydrogens (tertiary/aromatic N) is 3. The third kappa shape index (κ3) is 5.51. The fourth-order valence-electron chi connectivity index (χ4n) is 3.54. The number of carbonyl (C=O) groups is 2. The van der Waals surface area contributed by atoms with E-state index in [1.165, 1.54) is 38.4 Å². The van der Waals surface area contributed by atoms with Gasteiger partial charge in [-0.15, -0.1) is 0 Å². The minimum Gasteiger partial charge on any atom is -0.452 e. The van der Waals surface area contributed by atoms with Crippen molar-refractivity contribution in [2.45, 2.75) is 24.7 Å². The van der Waals surface area contributed by atoms with Crippen LogP contribution in [-0.2, 0) is 19.6 Å². The highest BCUT2D eigenvalue weighted by molar-refractivity contribution is 7.89. The summed E-state index contributed by atoms with van der Waals surface area (Å²) in [4.78, 5) is 37.7. The summed E-state index contributed by atoms with van der Waals surface area (Å²) in [5.74, 6) is -1.54. The zero-order chi connectivity index (χ0) is 25.0. The lowest BCUT2D eigenvalue weighted by atomic mass is 10.1. The summed E-state index contributed by atoms with van der Waals surface area (Å²) in [6.45, 7) is 2.47. The maximum atomic E-state index is 12.7. The third-order valence-corrected chi connectivity index (χ3v) is 7.26. The number of rotatable bonds is 8. The van der Waals surface area contributed by atoms with Crippen LogP contribution in [0, 0.1) is 17.0 Å². The Morgan fingerprint density at radius 1 is 1.15 bits per heavy atom. The molecular weight excluding hydrogens is 464 g/mol. The standard InChI is InChI=1S/C22H26N4O7S/c1-15-6-8-17(34(31,32)24(2)3)13-19(15)23-21(27)14-33-22(28)18-12-16(26(29)30)7-9-20(18)25-10-4-5-11-25/h6-9,12-13H,4-5,10-11,14H2,1-3H3,(H,23,27). The monoisotopic (exact) mass is 490 g/mol. The van der Waals surface area contributed by atoms with Crippen LogP contribution in [0.5, 0.6) is 0 Å². The molecule has 0 radical (unpaired) electrons. The van der Waals surface area contributed by atoms with Gasteiger partial charge in [0, 0.05) is 45.0 Å². The average molecular weight is 491 g/mol. The van der Waals surface area contributed by atoms with Gasteiger partial charge in [0.15, 0.2) is 6.61 Å². The van der Waals surface area contributed by atoms with Crippen LogP contribution in [0.15, 0.2) is 41.3 Å². The quantitative estimate of drug-likeness (QED) is 0.338. The Hall–Kier alpha value is -3.51. The van der Waals surface area contributed by atoms with Gasteiger partial charge in [0.05, 0.1) is 21.1 Å². The molecule has 1 saturated heterocycles. The molecule has 0 aromatic heterocycles. The van der Waals surface area contributed by atoms with Crippen molar-refractivity contribution in [3.05, 3.63) is 57.6 Å². The van der Waals surface area contributed by atoms with Gasteiger partial charge in [-0.3, -0.25) is 14.9 Å². The van der Waals surface area contributed by atoms with Gasteiger partial charge in [0.2, 0.25) is 10.0 Å². The second-order valence-electron chi connectivity index (χ2n) is 8.04. The number of nitrogens with one attached hydrogen (secondary N) is 1. The summed E-state index contributed by atoms with van der Waals surface area (Å²) >= 11 is 0. The molecule has 34 heavy (non-hydrogen) atoms. The maximum Gasteiger partial charge on any atom is 0.341 e. The van der Waals surface area contributed by atoms with E-state index in [1.54, 1.807) is 13.0 Å². The molecule has 1 heterocycles. The molecule has 1 aliphatic rings. The van der Waals surface area contributed by atoms with Gasteiger partial charge in [-0.05, 0) is 43.5 Å². The van der Waals surface area contributed by atoms with Crippen molar-refractivity contribution >= 4 is 39.0 Å². The minimum absolute atomic E-state index is 0.00208. The van der Waals surface area contributed by atoms with E-state index in [4.69, 9.17) is 4.74 Å². The average Bonchev–Trinajstić information content (AvgIpc) is 3.33. The van der Waals surface area contributed by atoms with Crippen LogP contribution in [0.2, 0.25) is 0 Å². The molecule has 0 saturated carbocycles. The van der Waals surface area contributed by atoms with Crippen molar-refractivity contribution < 1.29 is 27.7 Å². The maximum absolute atomic E-state index is 12.7. The van der Waals surface area contributed by atoms with Crippen molar-refractivity contribution in [2.24, 2.45) is 0 Å². The topological polar surface area (TPSA) is 139 Å². The van der Waals surface area contributed by atoms with E-state index in [-0.39, 0.29) is 21.8 Å². The molecule has 1 fully saturated rings. The van der Waals surface area contributed by atoms with Gasteiger partial charge < -0.3 is 15.0 Å². The Kier molecular flexibility index (Phi) is 7.52. The van der Waals surface area contributed by atoms with Gasteiger partial charge in [-0.25, -0.2) is 17.5 Å². The second-order valence-corrected chi connectivity index (χ2v) is 10.2. The van der Waals surface area contributed by atoms with E-state index in [0.717, 1.165) is 23.2 Å². The largest absolute Gasteiger partial charge is 0.452 e. The predicted octanol–water partition coefficient (Wildman–Crippen LogP) is 2.55. The third-order valence-electron chi connectivity index (χ3n) is 5.45. The summed E-state index contributed by atoms with van der Waals surface area (Å²) in [6, 6.07) is 8.31. The Labute approximate surface area is 197 Å². The first kappa shape index (κ1) is 25.1. The van der Waals surface area contributed by atoms with E-state index < -0.39 is 33.4 Å². The molecule has 1 N–H and O–H groups in total. The Morgan fingerprint density at radius 3 is 2.44 bits per heavy atom. The van der Waals surface area contributed by atoms with Crippen LogP contribution in [0.3, 0.4) is 0 Å². The van der Waals surface area contributed by atoms with Gasteiger partial charge in [0.25, 0.3) is 11.6 Å². The molecule has 11 nitrogen and oxygen atoms in total. The molecule has 0 unspecified atom stereocenters. The number of sulfonamides is 1. The fraction of sp³-hybridized carbons (Fsp3) is 0.364. The van der Waals surface area contributed by atoms with E-state index in [2.05, 4.69) is 5.32 Å². The lowest BCUT2D eigenvalue weighted by Gasteiger charge is -2.20. The molecule has 0 aliphatic carbocycles. The van der Waals surface area contributed by atoms with Crippen LogP contribution >= 0.6 is 0 Å². The number of non-ortho nitro benzene ring substituents is 1. The molecule has 2 aromatic rings. The van der Waals surface area contributed by atoms with Gasteiger partial charge >= 0.3 is 5.97 Å². The molecule has 1 aliphatic heterocycles. The molecule has 0 atom stereocenters. The molecule has 12 heteroatoms. The number of carbonyl (C=O) groups excluding carboxylic acids is 2. The highest BCUT2D eigenvalue weighted by Gasteiger charge is 2.24. The predicted molar refractivity (Wildman–Crippen MR) is 126 cm³/mol. The van der Waals surface area contributed by atoms with Crippen LogP contribution in [0.25, 0.3) is 0 Å². The summed E-state index contributed by atoms with van der Waals surface area (Å²) in [7, 11) is -0.901. The summed E-state index contributed by atoms with van der Waals surface area (Å²) < 4.78 is 30.9. The minimum atomic E-state index is -3.70. The van der Waals surface area contributed by atoms with Crippen molar-refractivity contribution in [3.63, 3.8) is 0 Å². The molecule has 182 valence electrons. The Bertz CT molecular complexity index is 1220. The van der Waals surface area contributed by atoms with Crippen molar-refractivity contribution in [3.8, 4) is 0 Å². The number of anilines is 2. The fourth-order valence-corrected chi connectivity index (χ4v) is 4.47. The number of hydrogen-bond donors (Lipinski definition) is 1. The SMILES string of the molecule is Cc1ccc(S(=O)(=O)N(C)C)cc1NC(=O)COC(=O)c1cc([N+](=O)[O-])ccc1N1CCCC1. The molecule has 0 bridgehead atoms. The highest BCUT2D eigenvalue weighted by atomic mass is 32.2. The summed E-state index contributed by atoms with van der Waals surface area (Å²) in [6.07, 6.45) is 1.88. The van der Waals surface area contributed by atoms with Crippen molar-refractivity contribution in [2.75, 3.05) is 44.0 Å². The Morgan fingerprint density at radius 2 is 1.82 bits per heavy atom. The number of nitro benzene ring substituents is 1. The number of amides is 1. The van der Waals surface area contributed by atoms with E-state index in [0.29, 0.717) is 24.3 Å². The molecule has 2 aromatic carbocycles. The first-order chi connectivity index (χ1) is 16.0. The number of hydrogen-bond acceptors (Lipinski definition) is 8. The zero-order valence-electron chi connectivity index (χ0n) is 19.1. The van der Waals surface area contributed by atoms with Crippen LogP contribution < -0.4 is 10.2 Å². The van der Waals surface area contributed by atoms with E-state index in [1.807, 2.05) is 4.90 Å². The first-order valence-corrected chi connectivity index (χ1v) is 12.0. The second kappa shape index (κ2) is 10.2. The number of nitro groups is 1. The van der Waals surface area contributed by atoms with Crippen LogP contribution in [-0.4, -0.2) is 63.3 Å². The van der Waals surface area contributed by atoms with Gasteiger partial charge in [0.1, 0.15) is 0 Å². The van der Waals surface area contributed by atoms with Crippen LogP contribution in [0.1, 0.15) is 28.8 Å². The summed E-state index contributed by atoms with van der Waals surface area (Å²) in [5, 5.41) is 13.7. The normalized spacial score (nSPS) is 13.7.